The van der Waals surface area contributed by atoms with Crippen LogP contribution in [0.3, 0.4) is 0 Å². The molecule has 8 nitrogen and oxygen atoms in total. The van der Waals surface area contributed by atoms with Crippen LogP contribution in [-0.2, 0) is 9.84 Å². The van der Waals surface area contributed by atoms with Crippen molar-refractivity contribution in [2.45, 2.75) is 4.90 Å². The van der Waals surface area contributed by atoms with Gasteiger partial charge in [-0.25, -0.2) is 8.42 Å². The number of hydrazine groups is 1. The van der Waals surface area contributed by atoms with E-state index in [1.54, 1.807) is 6.07 Å². The molecule has 160 valence electrons. The lowest BCUT2D eigenvalue weighted by atomic mass is 10.1. The molecular formula is C21H18N2O6S2. The Morgan fingerprint density at radius 2 is 1.55 bits per heavy atom. The van der Waals surface area contributed by atoms with Crippen LogP contribution in [0.4, 0.5) is 0 Å². The van der Waals surface area contributed by atoms with Gasteiger partial charge in [0.15, 0.2) is 21.3 Å². The summed E-state index contributed by atoms with van der Waals surface area (Å²) in [5.41, 5.74) is 5.80. The average Bonchev–Trinajstić information content (AvgIpc) is 3.27. The molecule has 0 aliphatic carbocycles. The van der Waals surface area contributed by atoms with Crippen LogP contribution in [0.5, 0.6) is 11.5 Å². The molecular weight excluding hydrogens is 440 g/mol. The van der Waals surface area contributed by atoms with Gasteiger partial charge in [-0.15, -0.1) is 11.3 Å². The third kappa shape index (κ3) is 4.70. The molecule has 0 atom stereocenters. The number of amides is 2. The Labute approximate surface area is 182 Å². The van der Waals surface area contributed by atoms with Crippen molar-refractivity contribution >= 4 is 33.0 Å². The molecule has 0 saturated carbocycles. The molecule has 4 rings (SSSR count). The van der Waals surface area contributed by atoms with Gasteiger partial charge in [0.2, 0.25) is 0 Å². The van der Waals surface area contributed by atoms with E-state index in [2.05, 4.69) is 10.9 Å². The van der Waals surface area contributed by atoms with E-state index >= 15 is 0 Å². The molecule has 2 heterocycles. The van der Waals surface area contributed by atoms with Crippen molar-refractivity contribution in [1.29, 1.82) is 0 Å². The van der Waals surface area contributed by atoms with Crippen LogP contribution in [0.25, 0.3) is 10.4 Å². The number of carbonyl (C=O) groups is 2. The van der Waals surface area contributed by atoms with E-state index in [1.165, 1.54) is 35.6 Å². The van der Waals surface area contributed by atoms with Gasteiger partial charge in [-0.2, -0.15) is 0 Å². The van der Waals surface area contributed by atoms with Crippen molar-refractivity contribution in [2.75, 3.05) is 19.5 Å². The van der Waals surface area contributed by atoms with Crippen LogP contribution in [-0.4, -0.2) is 39.7 Å². The highest BCUT2D eigenvalue weighted by molar-refractivity contribution is 7.90. The maximum atomic E-state index is 12.4. The predicted octanol–water partition coefficient (Wildman–Crippen LogP) is 2.66. The fraction of sp³-hybridized carbons (Fsp3) is 0.143. The summed E-state index contributed by atoms with van der Waals surface area (Å²) in [5.74, 6) is 0.334. The summed E-state index contributed by atoms with van der Waals surface area (Å²) in [5, 5.41) is 0. The van der Waals surface area contributed by atoms with Crippen LogP contribution in [0.2, 0.25) is 0 Å². The van der Waals surface area contributed by atoms with Gasteiger partial charge in [-0.3, -0.25) is 20.4 Å². The summed E-state index contributed by atoms with van der Waals surface area (Å²) in [6.07, 6.45) is 1.09. The monoisotopic (exact) mass is 458 g/mol. The number of fused-ring (bicyclic) bond motifs is 1. The highest BCUT2D eigenvalue weighted by Crippen LogP contribution is 2.36. The Bertz CT molecular complexity index is 1250. The lowest BCUT2D eigenvalue weighted by Crippen LogP contribution is -2.41. The molecule has 2 aromatic carbocycles. The highest BCUT2D eigenvalue weighted by atomic mass is 32.2. The number of hydrogen-bond donors (Lipinski definition) is 2. The summed E-state index contributed by atoms with van der Waals surface area (Å²) in [7, 11) is -3.35. The molecule has 0 spiro atoms. The number of carbonyl (C=O) groups excluding carboxylic acids is 2. The minimum absolute atomic E-state index is 0.110. The van der Waals surface area contributed by atoms with Gasteiger partial charge in [-0.1, -0.05) is 0 Å². The third-order valence-electron chi connectivity index (χ3n) is 4.49. The molecule has 2 amide bonds. The van der Waals surface area contributed by atoms with Crippen LogP contribution < -0.4 is 20.3 Å². The molecule has 1 aromatic heterocycles. The number of hydrogen-bond acceptors (Lipinski definition) is 7. The topological polar surface area (TPSA) is 111 Å². The van der Waals surface area contributed by atoms with E-state index in [4.69, 9.17) is 9.47 Å². The van der Waals surface area contributed by atoms with E-state index in [0.717, 1.165) is 16.7 Å². The Morgan fingerprint density at radius 3 is 2.26 bits per heavy atom. The molecule has 1 aliphatic rings. The summed E-state index contributed by atoms with van der Waals surface area (Å²) < 4.78 is 34.1. The Hall–Kier alpha value is -3.37. The minimum atomic E-state index is -3.35. The largest absolute Gasteiger partial charge is 0.486 e. The predicted molar refractivity (Wildman–Crippen MR) is 115 cm³/mol. The van der Waals surface area contributed by atoms with Crippen molar-refractivity contribution in [1.82, 2.24) is 10.9 Å². The smallest absolute Gasteiger partial charge is 0.279 e. The maximum Gasteiger partial charge on any atom is 0.279 e. The maximum absolute atomic E-state index is 12.4. The minimum Gasteiger partial charge on any atom is -0.486 e. The molecule has 0 saturated heterocycles. The molecule has 0 bridgehead atoms. The Morgan fingerprint density at radius 1 is 0.871 bits per heavy atom. The molecule has 0 radical (unpaired) electrons. The number of rotatable bonds is 4. The normalized spacial score (nSPS) is 12.8. The molecule has 1 aliphatic heterocycles. The van der Waals surface area contributed by atoms with Gasteiger partial charge < -0.3 is 9.47 Å². The van der Waals surface area contributed by atoms with Gasteiger partial charge in [-0.05, 0) is 60.2 Å². The molecule has 0 unspecified atom stereocenters. The first kappa shape index (κ1) is 20.9. The lowest BCUT2D eigenvalue weighted by molar-refractivity contribution is 0.0849. The van der Waals surface area contributed by atoms with E-state index in [-0.39, 0.29) is 10.5 Å². The first-order valence-corrected chi connectivity index (χ1v) is 11.9. The zero-order chi connectivity index (χ0) is 22.0. The molecule has 3 aromatic rings. The summed E-state index contributed by atoms with van der Waals surface area (Å²) >= 11 is 1.27. The lowest BCUT2D eigenvalue weighted by Gasteiger charge is -2.18. The first-order valence-electron chi connectivity index (χ1n) is 9.22. The van der Waals surface area contributed by atoms with Crippen LogP contribution in [0.15, 0.2) is 59.5 Å². The average molecular weight is 459 g/mol. The highest BCUT2D eigenvalue weighted by Gasteiger charge is 2.16. The fourth-order valence-electron chi connectivity index (χ4n) is 2.91. The van der Waals surface area contributed by atoms with Crippen LogP contribution in [0.1, 0.15) is 20.0 Å². The second-order valence-corrected chi connectivity index (χ2v) is 9.83. The molecule has 2 N–H and O–H groups in total. The van der Waals surface area contributed by atoms with Gasteiger partial charge >= 0.3 is 0 Å². The van der Waals surface area contributed by atoms with E-state index < -0.39 is 21.7 Å². The van der Waals surface area contributed by atoms with Crippen LogP contribution in [0, 0.1) is 0 Å². The summed E-state index contributed by atoms with van der Waals surface area (Å²) in [6, 6.07) is 14.5. The third-order valence-corrected chi connectivity index (χ3v) is 6.75. The molecule has 10 heteroatoms. The van der Waals surface area contributed by atoms with Crippen molar-refractivity contribution < 1.29 is 27.5 Å². The van der Waals surface area contributed by atoms with E-state index in [0.29, 0.717) is 29.6 Å². The van der Waals surface area contributed by atoms with Crippen molar-refractivity contribution in [3.63, 3.8) is 0 Å². The Kier molecular flexibility index (Phi) is 5.66. The first-order chi connectivity index (χ1) is 14.8. The number of thiophene rings is 1. The van der Waals surface area contributed by atoms with E-state index in [9.17, 15) is 18.0 Å². The second kappa shape index (κ2) is 8.40. The van der Waals surface area contributed by atoms with Gasteiger partial charge in [0, 0.05) is 16.7 Å². The zero-order valence-electron chi connectivity index (χ0n) is 16.4. The van der Waals surface area contributed by atoms with Crippen molar-refractivity contribution in [2.24, 2.45) is 0 Å². The number of nitrogens with one attached hydrogen (secondary N) is 2. The Balaban J connectivity index is 1.39. The van der Waals surface area contributed by atoms with Gasteiger partial charge in [0.1, 0.15) is 13.2 Å². The second-order valence-electron chi connectivity index (χ2n) is 6.73. The molecule has 0 fully saturated rings. The SMILES string of the molecule is CS(=O)(=O)c1ccc(C(=O)NNC(=O)c2ccc(-c3ccc4c(c3)OCCO4)s2)cc1. The van der Waals surface area contributed by atoms with Gasteiger partial charge in [0.05, 0.1) is 9.77 Å². The van der Waals surface area contributed by atoms with Crippen molar-refractivity contribution in [3.8, 4) is 21.9 Å². The zero-order valence-corrected chi connectivity index (χ0v) is 18.0. The standard InChI is InChI=1S/C21H18N2O6S2/c1-31(26,27)15-5-2-13(3-6-15)20(24)22-23-21(25)19-9-8-18(30-19)14-4-7-16-17(12-14)29-11-10-28-16/h2-9,12H,10-11H2,1H3,(H,22,24)(H,23,25). The molecule has 31 heavy (non-hydrogen) atoms. The number of ether oxygens (including phenoxy) is 2. The van der Waals surface area contributed by atoms with Crippen molar-refractivity contribution in [3.05, 3.63) is 65.0 Å². The quantitative estimate of drug-likeness (QED) is 0.582. The number of sulfone groups is 1. The summed E-state index contributed by atoms with van der Waals surface area (Å²) in [6.45, 7) is 1.01. The fourth-order valence-corrected chi connectivity index (χ4v) is 4.44. The summed E-state index contributed by atoms with van der Waals surface area (Å²) in [4.78, 5) is 26.0. The number of benzene rings is 2. The van der Waals surface area contributed by atoms with Crippen LogP contribution >= 0.6 is 11.3 Å². The van der Waals surface area contributed by atoms with E-state index in [1.807, 2.05) is 24.3 Å². The van der Waals surface area contributed by atoms with Gasteiger partial charge in [0.25, 0.3) is 11.8 Å².